The lowest BCUT2D eigenvalue weighted by Gasteiger charge is -2.24. The average molecular weight is 309 g/mol. The van der Waals surface area contributed by atoms with E-state index in [0.29, 0.717) is 6.61 Å². The van der Waals surface area contributed by atoms with E-state index in [1.165, 1.54) is 7.05 Å². The van der Waals surface area contributed by atoms with Crippen LogP contribution >= 0.6 is 0 Å². The van der Waals surface area contributed by atoms with E-state index in [0.717, 1.165) is 23.3 Å². The number of aliphatic carboxylic acids is 1. The minimum absolute atomic E-state index is 0.0493. The molecule has 6 heteroatoms. The molecule has 6 nitrogen and oxygen atoms in total. The molecule has 1 amide bonds. The Morgan fingerprint density at radius 1 is 1.27 bits per heavy atom. The van der Waals surface area contributed by atoms with Gasteiger partial charge in [-0.15, -0.1) is 0 Å². The van der Waals surface area contributed by atoms with Gasteiger partial charge in [0.15, 0.2) is 6.04 Å². The van der Waals surface area contributed by atoms with Crippen LogP contribution in [0.2, 0.25) is 0 Å². The molecule has 22 heavy (non-hydrogen) atoms. The first-order valence-electron chi connectivity index (χ1n) is 7.30. The summed E-state index contributed by atoms with van der Waals surface area (Å²) < 4.78 is 10.4. The fraction of sp³-hybridized carbons (Fsp3) is 0.500. The van der Waals surface area contributed by atoms with Crippen molar-refractivity contribution in [3.63, 3.8) is 0 Å². The summed E-state index contributed by atoms with van der Waals surface area (Å²) in [6.45, 7) is 2.55. The fourth-order valence-electron chi connectivity index (χ4n) is 1.74. The molecule has 0 fully saturated rings. The first kappa shape index (κ1) is 18.0. The van der Waals surface area contributed by atoms with Crippen LogP contribution in [0, 0.1) is 0 Å². The van der Waals surface area contributed by atoms with Crippen LogP contribution < -0.4 is 0 Å². The number of benzene rings is 1. The lowest BCUT2D eigenvalue weighted by atomic mass is 10.2. The van der Waals surface area contributed by atoms with Crippen molar-refractivity contribution in [2.45, 2.75) is 32.4 Å². The van der Waals surface area contributed by atoms with Crippen LogP contribution in [0.25, 0.3) is 0 Å². The van der Waals surface area contributed by atoms with Gasteiger partial charge in [-0.25, -0.2) is 9.59 Å². The Bertz CT molecular complexity index is 463. The summed E-state index contributed by atoms with van der Waals surface area (Å²) in [5.41, 5.74) is 0.843. The number of ether oxygens (including phenoxy) is 2. The van der Waals surface area contributed by atoms with E-state index in [-0.39, 0.29) is 13.2 Å². The van der Waals surface area contributed by atoms with Crippen LogP contribution in [0.5, 0.6) is 0 Å². The lowest BCUT2D eigenvalue weighted by Crippen LogP contribution is -2.45. The van der Waals surface area contributed by atoms with Gasteiger partial charge >= 0.3 is 12.1 Å². The van der Waals surface area contributed by atoms with Crippen molar-refractivity contribution in [2.75, 3.05) is 20.3 Å². The Balaban J connectivity index is 2.47. The minimum Gasteiger partial charge on any atom is -0.480 e. The van der Waals surface area contributed by atoms with Crippen LogP contribution in [0.1, 0.15) is 25.3 Å². The highest BCUT2D eigenvalue weighted by Gasteiger charge is 2.27. The monoisotopic (exact) mass is 309 g/mol. The van der Waals surface area contributed by atoms with Crippen molar-refractivity contribution < 1.29 is 24.2 Å². The number of unbranched alkanes of at least 4 members (excludes halogenated alkanes) is 1. The number of carbonyl (C=O) groups is 2. The molecule has 1 rings (SSSR count). The molecule has 0 saturated carbocycles. The molecule has 0 aliphatic heterocycles. The number of amides is 1. The van der Waals surface area contributed by atoms with Gasteiger partial charge in [-0.1, -0.05) is 43.7 Å². The number of carboxylic acid groups (broad SMARTS) is 1. The molecule has 1 atom stereocenters. The molecule has 122 valence electrons. The average Bonchev–Trinajstić information content (AvgIpc) is 2.52. The van der Waals surface area contributed by atoms with Gasteiger partial charge in [-0.05, 0) is 12.0 Å². The summed E-state index contributed by atoms with van der Waals surface area (Å²) in [6, 6.07) is 8.15. The zero-order chi connectivity index (χ0) is 16.4. The molecular formula is C16H23NO5. The first-order chi connectivity index (χ1) is 10.6. The van der Waals surface area contributed by atoms with Crippen molar-refractivity contribution in [2.24, 2.45) is 0 Å². The van der Waals surface area contributed by atoms with Gasteiger partial charge in [0.1, 0.15) is 6.61 Å². The second-order valence-electron chi connectivity index (χ2n) is 4.93. The Kier molecular flexibility index (Phi) is 7.99. The molecule has 0 aliphatic rings. The van der Waals surface area contributed by atoms with E-state index in [4.69, 9.17) is 9.47 Å². The highest BCUT2D eigenvalue weighted by Crippen LogP contribution is 2.06. The molecule has 0 aromatic heterocycles. The van der Waals surface area contributed by atoms with E-state index >= 15 is 0 Å². The summed E-state index contributed by atoms with van der Waals surface area (Å²) >= 11 is 0. The van der Waals surface area contributed by atoms with E-state index in [1.807, 2.05) is 37.3 Å². The summed E-state index contributed by atoms with van der Waals surface area (Å²) in [4.78, 5) is 24.2. The van der Waals surface area contributed by atoms with Crippen LogP contribution in [0.3, 0.4) is 0 Å². The first-order valence-corrected chi connectivity index (χ1v) is 7.30. The molecule has 0 heterocycles. The fourth-order valence-corrected chi connectivity index (χ4v) is 1.74. The molecule has 0 bridgehead atoms. The number of hydrogen-bond acceptors (Lipinski definition) is 4. The molecule has 1 N–H and O–H groups in total. The quantitative estimate of drug-likeness (QED) is 0.709. The largest absolute Gasteiger partial charge is 0.480 e. The number of nitrogens with zero attached hydrogens (tertiary/aromatic N) is 1. The topological polar surface area (TPSA) is 76.1 Å². The van der Waals surface area contributed by atoms with Crippen LogP contribution in [0.15, 0.2) is 30.3 Å². The predicted molar refractivity (Wildman–Crippen MR) is 81.5 cm³/mol. The minimum atomic E-state index is -1.12. The lowest BCUT2D eigenvalue weighted by molar-refractivity contribution is -0.144. The van der Waals surface area contributed by atoms with E-state index in [1.54, 1.807) is 0 Å². The van der Waals surface area contributed by atoms with Gasteiger partial charge in [-0.2, -0.15) is 0 Å². The second kappa shape index (κ2) is 9.78. The third-order valence-corrected chi connectivity index (χ3v) is 3.16. The van der Waals surface area contributed by atoms with Gasteiger partial charge in [0, 0.05) is 13.7 Å². The Labute approximate surface area is 130 Å². The third-order valence-electron chi connectivity index (χ3n) is 3.16. The summed E-state index contributed by atoms with van der Waals surface area (Å²) in [6.07, 6.45) is 1.14. The van der Waals surface area contributed by atoms with E-state index in [9.17, 15) is 14.7 Å². The zero-order valence-corrected chi connectivity index (χ0v) is 13.0. The SMILES string of the molecule is CCCCOCC(C(=O)O)N(C)C(=O)OCc1ccccc1. The van der Waals surface area contributed by atoms with Crippen molar-refractivity contribution in [3.05, 3.63) is 35.9 Å². The van der Waals surface area contributed by atoms with Crippen molar-refractivity contribution in [3.8, 4) is 0 Å². The highest BCUT2D eigenvalue weighted by atomic mass is 16.6. The number of carboxylic acids is 1. The standard InChI is InChI=1S/C16H23NO5/c1-3-4-10-21-12-14(15(18)19)17(2)16(20)22-11-13-8-6-5-7-9-13/h5-9,14H,3-4,10-12H2,1-2H3,(H,18,19). The molecule has 0 radical (unpaired) electrons. The van der Waals surface area contributed by atoms with Crippen molar-refractivity contribution in [1.29, 1.82) is 0 Å². The number of rotatable bonds is 9. The molecule has 0 saturated heterocycles. The molecular weight excluding hydrogens is 286 g/mol. The van der Waals surface area contributed by atoms with Gasteiger partial charge in [-0.3, -0.25) is 4.90 Å². The maximum atomic E-state index is 11.9. The summed E-state index contributed by atoms with van der Waals surface area (Å²) in [5, 5.41) is 9.20. The Hall–Kier alpha value is -2.08. The number of carbonyl (C=O) groups excluding carboxylic acids is 1. The maximum absolute atomic E-state index is 11.9. The highest BCUT2D eigenvalue weighted by molar-refractivity contribution is 5.80. The normalized spacial score (nSPS) is 11.7. The smallest absolute Gasteiger partial charge is 0.410 e. The Morgan fingerprint density at radius 3 is 2.55 bits per heavy atom. The molecule has 1 aromatic carbocycles. The van der Waals surface area contributed by atoms with Crippen LogP contribution in [-0.4, -0.2) is 48.4 Å². The van der Waals surface area contributed by atoms with Crippen molar-refractivity contribution in [1.82, 2.24) is 4.90 Å². The van der Waals surface area contributed by atoms with Crippen LogP contribution in [0.4, 0.5) is 4.79 Å². The van der Waals surface area contributed by atoms with Gasteiger partial charge in [0.2, 0.25) is 0 Å². The molecule has 0 aliphatic carbocycles. The zero-order valence-electron chi connectivity index (χ0n) is 13.0. The molecule has 1 aromatic rings. The van der Waals surface area contributed by atoms with Gasteiger partial charge in [0.25, 0.3) is 0 Å². The van der Waals surface area contributed by atoms with Gasteiger partial charge in [0.05, 0.1) is 6.61 Å². The van der Waals surface area contributed by atoms with Crippen LogP contribution in [-0.2, 0) is 20.9 Å². The van der Waals surface area contributed by atoms with Crippen molar-refractivity contribution >= 4 is 12.1 Å². The second-order valence-corrected chi connectivity index (χ2v) is 4.93. The molecule has 0 spiro atoms. The maximum Gasteiger partial charge on any atom is 0.410 e. The molecule has 1 unspecified atom stereocenters. The predicted octanol–water partition coefficient (Wildman–Crippen LogP) is 2.52. The number of hydrogen-bond donors (Lipinski definition) is 1. The van der Waals surface area contributed by atoms with Gasteiger partial charge < -0.3 is 14.6 Å². The summed E-state index contributed by atoms with van der Waals surface area (Å²) in [7, 11) is 1.40. The number of likely N-dealkylation sites (N-methyl/N-ethyl adjacent to an activating group) is 1. The Morgan fingerprint density at radius 2 is 1.95 bits per heavy atom. The third kappa shape index (κ3) is 6.13. The van der Waals surface area contributed by atoms with E-state index in [2.05, 4.69) is 0 Å². The van der Waals surface area contributed by atoms with E-state index < -0.39 is 18.1 Å². The summed E-state index contributed by atoms with van der Waals surface area (Å²) in [5.74, 6) is -1.12.